The molecule has 1 saturated heterocycles. The summed E-state index contributed by atoms with van der Waals surface area (Å²) in [5.41, 5.74) is 0. The average molecular weight is 187 g/mol. The monoisotopic (exact) mass is 187 g/mol. The Bertz CT molecular complexity index is 164. The van der Waals surface area contributed by atoms with Crippen molar-refractivity contribution in [2.75, 3.05) is 32.9 Å². The first-order valence-electron chi connectivity index (χ1n) is 4.75. The summed E-state index contributed by atoms with van der Waals surface area (Å²) in [7, 11) is 0. The van der Waals surface area contributed by atoms with Crippen molar-refractivity contribution < 1.29 is 14.3 Å². The molecule has 0 N–H and O–H groups in total. The van der Waals surface area contributed by atoms with Crippen molar-refractivity contribution in [1.29, 1.82) is 0 Å². The summed E-state index contributed by atoms with van der Waals surface area (Å²) in [6.07, 6.45) is 0.240. The van der Waals surface area contributed by atoms with Crippen molar-refractivity contribution in [3.63, 3.8) is 0 Å². The van der Waals surface area contributed by atoms with E-state index in [1.54, 1.807) is 4.90 Å². The Kier molecular flexibility index (Phi) is 4.18. The average Bonchev–Trinajstić information content (AvgIpc) is 2.90. The molecule has 0 saturated carbocycles. The first kappa shape index (κ1) is 10.5. The first-order valence-corrected chi connectivity index (χ1v) is 4.75. The number of epoxide rings is 1. The molecule has 0 aliphatic carbocycles. The van der Waals surface area contributed by atoms with Crippen molar-refractivity contribution >= 4 is 5.91 Å². The predicted molar refractivity (Wildman–Crippen MR) is 48.5 cm³/mol. The molecule has 76 valence electrons. The second-order valence-corrected chi connectivity index (χ2v) is 3.04. The summed E-state index contributed by atoms with van der Waals surface area (Å²) in [5.74, 6) is 0.0608. The SMILES string of the molecule is CCN(CC)C(=O)COCC1CO1. The highest BCUT2D eigenvalue weighted by Crippen LogP contribution is 2.08. The van der Waals surface area contributed by atoms with Gasteiger partial charge in [-0.25, -0.2) is 0 Å². The number of carbonyl (C=O) groups excluding carboxylic acids is 1. The van der Waals surface area contributed by atoms with Crippen LogP contribution in [0.1, 0.15) is 13.8 Å². The number of likely N-dealkylation sites (N-methyl/N-ethyl adjacent to an activating group) is 1. The number of carbonyl (C=O) groups is 1. The van der Waals surface area contributed by atoms with E-state index in [0.717, 1.165) is 19.7 Å². The Morgan fingerprint density at radius 3 is 2.62 bits per heavy atom. The second-order valence-electron chi connectivity index (χ2n) is 3.04. The van der Waals surface area contributed by atoms with Crippen LogP contribution in [0, 0.1) is 0 Å². The van der Waals surface area contributed by atoms with Gasteiger partial charge in [0, 0.05) is 13.1 Å². The molecule has 13 heavy (non-hydrogen) atoms. The fourth-order valence-corrected chi connectivity index (χ4v) is 1.11. The smallest absolute Gasteiger partial charge is 0.248 e. The summed E-state index contributed by atoms with van der Waals surface area (Å²) in [5, 5.41) is 0. The van der Waals surface area contributed by atoms with Crippen LogP contribution in [-0.4, -0.2) is 49.8 Å². The van der Waals surface area contributed by atoms with Crippen LogP contribution >= 0.6 is 0 Å². The van der Waals surface area contributed by atoms with Gasteiger partial charge < -0.3 is 14.4 Å². The van der Waals surface area contributed by atoms with E-state index in [9.17, 15) is 4.79 Å². The standard InChI is InChI=1S/C9H17NO3/c1-3-10(4-2)9(11)7-12-5-8-6-13-8/h8H,3-7H2,1-2H3. The Balaban J connectivity index is 2.07. The number of rotatable bonds is 6. The minimum atomic E-state index is 0.0608. The summed E-state index contributed by atoms with van der Waals surface area (Å²) >= 11 is 0. The van der Waals surface area contributed by atoms with Gasteiger partial charge in [-0.15, -0.1) is 0 Å². The van der Waals surface area contributed by atoms with E-state index in [1.807, 2.05) is 13.8 Å². The number of ether oxygens (including phenoxy) is 2. The third-order valence-corrected chi connectivity index (χ3v) is 2.05. The molecule has 0 aromatic carbocycles. The molecule has 1 unspecified atom stereocenters. The Morgan fingerprint density at radius 1 is 1.54 bits per heavy atom. The summed E-state index contributed by atoms with van der Waals surface area (Å²) in [6, 6.07) is 0. The quantitative estimate of drug-likeness (QED) is 0.560. The second kappa shape index (κ2) is 5.19. The maximum Gasteiger partial charge on any atom is 0.248 e. The molecule has 0 bridgehead atoms. The zero-order chi connectivity index (χ0) is 9.68. The van der Waals surface area contributed by atoms with Crippen molar-refractivity contribution in [2.24, 2.45) is 0 Å². The lowest BCUT2D eigenvalue weighted by atomic mass is 10.4. The summed E-state index contributed by atoms with van der Waals surface area (Å²) < 4.78 is 10.1. The molecule has 1 aliphatic heterocycles. The maximum absolute atomic E-state index is 11.4. The lowest BCUT2D eigenvalue weighted by molar-refractivity contribution is -0.135. The summed E-state index contributed by atoms with van der Waals surface area (Å²) in [6.45, 7) is 6.93. The number of hydrogen-bond acceptors (Lipinski definition) is 3. The van der Waals surface area contributed by atoms with Gasteiger partial charge in [-0.2, -0.15) is 0 Å². The molecule has 4 nitrogen and oxygen atoms in total. The van der Waals surface area contributed by atoms with Crippen molar-refractivity contribution in [2.45, 2.75) is 20.0 Å². The summed E-state index contributed by atoms with van der Waals surface area (Å²) in [4.78, 5) is 13.1. The predicted octanol–water partition coefficient (Wildman–Crippen LogP) is 0.270. The number of nitrogens with zero attached hydrogens (tertiary/aromatic N) is 1. The molecular weight excluding hydrogens is 170 g/mol. The highest BCUT2D eigenvalue weighted by atomic mass is 16.6. The highest BCUT2D eigenvalue weighted by molar-refractivity contribution is 5.77. The Morgan fingerprint density at radius 2 is 2.15 bits per heavy atom. The van der Waals surface area contributed by atoms with Crippen LogP contribution in [0.15, 0.2) is 0 Å². The van der Waals surface area contributed by atoms with Crippen LogP contribution in [0.3, 0.4) is 0 Å². The minimum absolute atomic E-state index is 0.0608. The molecule has 0 radical (unpaired) electrons. The third kappa shape index (κ3) is 3.74. The fourth-order valence-electron chi connectivity index (χ4n) is 1.11. The minimum Gasteiger partial charge on any atom is -0.371 e. The highest BCUT2D eigenvalue weighted by Gasteiger charge is 2.23. The largest absolute Gasteiger partial charge is 0.371 e. The maximum atomic E-state index is 11.4. The van der Waals surface area contributed by atoms with Crippen molar-refractivity contribution in [1.82, 2.24) is 4.90 Å². The topological polar surface area (TPSA) is 42.1 Å². The van der Waals surface area contributed by atoms with Gasteiger partial charge in [-0.05, 0) is 13.8 Å². The normalized spacial score (nSPS) is 20.0. The molecule has 4 heteroatoms. The van der Waals surface area contributed by atoms with Gasteiger partial charge in [0.05, 0.1) is 13.2 Å². The molecule has 1 atom stereocenters. The third-order valence-electron chi connectivity index (χ3n) is 2.05. The van der Waals surface area contributed by atoms with Gasteiger partial charge >= 0.3 is 0 Å². The van der Waals surface area contributed by atoms with Gasteiger partial charge in [0.25, 0.3) is 0 Å². The van der Waals surface area contributed by atoms with E-state index in [2.05, 4.69) is 0 Å². The van der Waals surface area contributed by atoms with E-state index in [1.165, 1.54) is 0 Å². The van der Waals surface area contributed by atoms with Crippen LogP contribution in [0.25, 0.3) is 0 Å². The molecule has 0 aromatic heterocycles. The Hall–Kier alpha value is -0.610. The number of amides is 1. The molecule has 1 amide bonds. The van der Waals surface area contributed by atoms with Crippen molar-refractivity contribution in [3.8, 4) is 0 Å². The van der Waals surface area contributed by atoms with Gasteiger partial charge in [0.15, 0.2) is 0 Å². The first-order chi connectivity index (χ1) is 6.27. The van der Waals surface area contributed by atoms with E-state index >= 15 is 0 Å². The van der Waals surface area contributed by atoms with E-state index in [-0.39, 0.29) is 18.6 Å². The zero-order valence-electron chi connectivity index (χ0n) is 8.28. The van der Waals surface area contributed by atoms with Gasteiger partial charge in [0.1, 0.15) is 12.7 Å². The van der Waals surface area contributed by atoms with Crippen molar-refractivity contribution in [3.05, 3.63) is 0 Å². The van der Waals surface area contributed by atoms with E-state index < -0.39 is 0 Å². The van der Waals surface area contributed by atoms with Crippen LogP contribution in [0.5, 0.6) is 0 Å². The van der Waals surface area contributed by atoms with Gasteiger partial charge in [0.2, 0.25) is 5.91 Å². The molecular formula is C9H17NO3. The van der Waals surface area contributed by atoms with E-state index in [4.69, 9.17) is 9.47 Å². The van der Waals surface area contributed by atoms with E-state index in [0.29, 0.717) is 6.61 Å². The fraction of sp³-hybridized carbons (Fsp3) is 0.889. The zero-order valence-corrected chi connectivity index (χ0v) is 8.28. The van der Waals surface area contributed by atoms with Gasteiger partial charge in [-0.1, -0.05) is 0 Å². The van der Waals surface area contributed by atoms with Crippen LogP contribution in [-0.2, 0) is 14.3 Å². The molecule has 1 rings (SSSR count). The molecule has 1 aliphatic rings. The van der Waals surface area contributed by atoms with Gasteiger partial charge in [-0.3, -0.25) is 4.79 Å². The molecule has 1 fully saturated rings. The Labute approximate surface area is 78.8 Å². The molecule has 1 heterocycles. The van der Waals surface area contributed by atoms with Crippen LogP contribution < -0.4 is 0 Å². The van der Waals surface area contributed by atoms with Crippen LogP contribution in [0.2, 0.25) is 0 Å². The lowest BCUT2D eigenvalue weighted by Crippen LogP contribution is -2.33. The molecule has 0 spiro atoms. The molecule has 0 aromatic rings. The number of hydrogen-bond donors (Lipinski definition) is 0. The lowest BCUT2D eigenvalue weighted by Gasteiger charge is -2.18. The van der Waals surface area contributed by atoms with Crippen LogP contribution in [0.4, 0.5) is 0 Å².